The molecule has 1 saturated carbocycles. The van der Waals surface area contributed by atoms with Crippen molar-refractivity contribution in [2.45, 2.75) is 44.7 Å². The van der Waals surface area contributed by atoms with E-state index < -0.39 is 0 Å². The van der Waals surface area contributed by atoms with Gasteiger partial charge in [0.25, 0.3) is 0 Å². The van der Waals surface area contributed by atoms with Crippen LogP contribution in [0.15, 0.2) is 41.7 Å². The molecule has 1 heterocycles. The maximum atomic E-state index is 4.32. The molecule has 0 spiro atoms. The van der Waals surface area contributed by atoms with Gasteiger partial charge in [0.2, 0.25) is 0 Å². The highest BCUT2D eigenvalue weighted by Crippen LogP contribution is 2.17. The quantitative estimate of drug-likeness (QED) is 0.671. The molecule has 3 rings (SSSR count). The van der Waals surface area contributed by atoms with Gasteiger partial charge < -0.3 is 10.6 Å². The molecule has 0 unspecified atom stereocenters. The fourth-order valence-electron chi connectivity index (χ4n) is 2.98. The number of guanidine groups is 1. The minimum absolute atomic E-state index is 0.530. The van der Waals surface area contributed by atoms with Gasteiger partial charge in [-0.2, -0.15) is 0 Å². The Balaban J connectivity index is 1.60. The lowest BCUT2D eigenvalue weighted by Crippen LogP contribution is -2.44. The first kappa shape index (κ1) is 15.5. The summed E-state index contributed by atoms with van der Waals surface area (Å²) in [5.41, 5.74) is 1.06. The van der Waals surface area contributed by atoms with Crippen LogP contribution in [-0.4, -0.2) is 33.8 Å². The molecule has 6 heteroatoms. The van der Waals surface area contributed by atoms with Crippen LogP contribution in [0.3, 0.4) is 0 Å². The first-order valence-electron chi connectivity index (χ1n) is 8.28. The van der Waals surface area contributed by atoms with Crippen molar-refractivity contribution in [3.05, 3.63) is 42.5 Å². The summed E-state index contributed by atoms with van der Waals surface area (Å²) in [4.78, 5) is 4.32. The number of aromatic nitrogens is 3. The van der Waals surface area contributed by atoms with E-state index in [4.69, 9.17) is 0 Å². The highest BCUT2D eigenvalue weighted by molar-refractivity contribution is 5.79. The van der Waals surface area contributed by atoms with Crippen molar-refractivity contribution in [2.75, 3.05) is 7.05 Å². The van der Waals surface area contributed by atoms with E-state index in [0.29, 0.717) is 12.6 Å². The van der Waals surface area contributed by atoms with E-state index in [1.807, 2.05) is 34.9 Å². The molecule has 23 heavy (non-hydrogen) atoms. The van der Waals surface area contributed by atoms with Gasteiger partial charge in [0.1, 0.15) is 6.33 Å². The van der Waals surface area contributed by atoms with E-state index in [1.165, 1.54) is 32.1 Å². The van der Waals surface area contributed by atoms with Crippen molar-refractivity contribution in [3.63, 3.8) is 0 Å². The van der Waals surface area contributed by atoms with E-state index >= 15 is 0 Å². The molecule has 122 valence electrons. The van der Waals surface area contributed by atoms with Gasteiger partial charge in [0, 0.05) is 18.8 Å². The second-order valence-corrected chi connectivity index (χ2v) is 5.86. The number of rotatable bonds is 4. The molecule has 0 amide bonds. The first-order valence-corrected chi connectivity index (χ1v) is 8.28. The lowest BCUT2D eigenvalue weighted by atomic mass is 9.96. The average molecular weight is 312 g/mol. The fraction of sp³-hybridized carbons (Fsp3) is 0.471. The normalized spacial score (nSPS) is 16.3. The number of benzene rings is 1. The number of hydrogen-bond donors (Lipinski definition) is 2. The van der Waals surface area contributed by atoms with Crippen LogP contribution < -0.4 is 10.6 Å². The number of hydrogen-bond acceptors (Lipinski definition) is 3. The van der Waals surface area contributed by atoms with Gasteiger partial charge in [-0.3, -0.25) is 9.56 Å². The molecule has 0 bridgehead atoms. The Labute approximate surface area is 137 Å². The zero-order valence-electron chi connectivity index (χ0n) is 13.6. The van der Waals surface area contributed by atoms with Gasteiger partial charge in [0.15, 0.2) is 11.8 Å². The minimum atomic E-state index is 0.530. The molecule has 0 atom stereocenters. The summed E-state index contributed by atoms with van der Waals surface area (Å²) in [5, 5.41) is 15.1. The zero-order valence-corrected chi connectivity index (χ0v) is 13.6. The van der Waals surface area contributed by atoms with Crippen LogP contribution in [0.2, 0.25) is 0 Å². The highest BCUT2D eigenvalue weighted by Gasteiger charge is 2.15. The van der Waals surface area contributed by atoms with E-state index in [0.717, 1.165) is 17.5 Å². The predicted molar refractivity (Wildman–Crippen MR) is 91.6 cm³/mol. The van der Waals surface area contributed by atoms with E-state index in [1.54, 1.807) is 13.4 Å². The van der Waals surface area contributed by atoms with Crippen LogP contribution >= 0.6 is 0 Å². The van der Waals surface area contributed by atoms with Crippen LogP contribution in [0, 0.1) is 0 Å². The van der Waals surface area contributed by atoms with Crippen molar-refractivity contribution < 1.29 is 0 Å². The van der Waals surface area contributed by atoms with Crippen LogP contribution in [0.4, 0.5) is 0 Å². The molecule has 2 aromatic rings. The third-order valence-electron chi connectivity index (χ3n) is 4.24. The lowest BCUT2D eigenvalue weighted by Gasteiger charge is -2.24. The Hall–Kier alpha value is -2.37. The Bertz CT molecular complexity index is 628. The number of aliphatic imine (C=N–C) groups is 1. The maximum Gasteiger partial charge on any atom is 0.191 e. The van der Waals surface area contributed by atoms with Crippen molar-refractivity contribution in [1.29, 1.82) is 0 Å². The minimum Gasteiger partial charge on any atom is -0.354 e. The molecule has 0 saturated heterocycles. The molecule has 2 N–H and O–H groups in total. The van der Waals surface area contributed by atoms with Crippen LogP contribution in [0.25, 0.3) is 5.69 Å². The number of nitrogens with zero attached hydrogens (tertiary/aromatic N) is 4. The molecular weight excluding hydrogens is 288 g/mol. The number of para-hydroxylation sites is 1. The van der Waals surface area contributed by atoms with Crippen LogP contribution in [-0.2, 0) is 6.54 Å². The van der Waals surface area contributed by atoms with Crippen molar-refractivity contribution >= 4 is 5.96 Å². The largest absolute Gasteiger partial charge is 0.354 e. The molecule has 0 aliphatic heterocycles. The highest BCUT2D eigenvalue weighted by atomic mass is 15.3. The lowest BCUT2D eigenvalue weighted by molar-refractivity contribution is 0.410. The summed E-state index contributed by atoms with van der Waals surface area (Å²) in [6.07, 6.45) is 8.14. The second-order valence-electron chi connectivity index (χ2n) is 5.86. The zero-order chi connectivity index (χ0) is 15.9. The average Bonchev–Trinajstić information content (AvgIpc) is 3.09. The molecule has 1 fully saturated rings. The summed E-state index contributed by atoms with van der Waals surface area (Å²) in [6.45, 7) is 0.585. The van der Waals surface area contributed by atoms with Crippen LogP contribution in [0.1, 0.15) is 37.9 Å². The molecule has 6 nitrogen and oxygen atoms in total. The molecule has 1 aliphatic carbocycles. The van der Waals surface area contributed by atoms with Gasteiger partial charge in [-0.25, -0.2) is 0 Å². The van der Waals surface area contributed by atoms with E-state index in [9.17, 15) is 0 Å². The third-order valence-corrected chi connectivity index (χ3v) is 4.24. The molecular formula is C17H24N6. The monoisotopic (exact) mass is 312 g/mol. The standard InChI is InChI=1S/C17H24N6/c1-18-17(21-14-8-4-2-5-9-14)19-12-16-22-20-13-23(16)15-10-6-3-7-11-15/h3,6-7,10-11,13-14H,2,4-5,8-9,12H2,1H3,(H2,18,19,21). The predicted octanol–water partition coefficient (Wildman–Crippen LogP) is 2.26. The first-order chi connectivity index (χ1) is 11.4. The van der Waals surface area contributed by atoms with Crippen molar-refractivity contribution in [3.8, 4) is 5.69 Å². The Kier molecular flexibility index (Phi) is 5.24. The summed E-state index contributed by atoms with van der Waals surface area (Å²) in [6, 6.07) is 10.6. The summed E-state index contributed by atoms with van der Waals surface area (Å²) in [7, 11) is 1.81. The van der Waals surface area contributed by atoms with E-state index in [-0.39, 0.29) is 0 Å². The maximum absolute atomic E-state index is 4.32. The third kappa shape index (κ3) is 4.09. The molecule has 0 radical (unpaired) electrons. The fourth-order valence-corrected chi connectivity index (χ4v) is 2.98. The van der Waals surface area contributed by atoms with Crippen molar-refractivity contribution in [1.82, 2.24) is 25.4 Å². The Morgan fingerprint density at radius 3 is 2.74 bits per heavy atom. The van der Waals surface area contributed by atoms with Gasteiger partial charge in [-0.1, -0.05) is 37.5 Å². The molecule has 1 aromatic carbocycles. The van der Waals surface area contributed by atoms with Gasteiger partial charge in [0.05, 0.1) is 6.54 Å². The number of nitrogens with one attached hydrogen (secondary N) is 2. The van der Waals surface area contributed by atoms with Crippen LogP contribution in [0.5, 0.6) is 0 Å². The van der Waals surface area contributed by atoms with Crippen molar-refractivity contribution in [2.24, 2.45) is 4.99 Å². The van der Waals surface area contributed by atoms with Gasteiger partial charge in [-0.15, -0.1) is 10.2 Å². The smallest absolute Gasteiger partial charge is 0.191 e. The summed E-state index contributed by atoms with van der Waals surface area (Å²) in [5.74, 6) is 1.70. The Morgan fingerprint density at radius 1 is 1.22 bits per heavy atom. The summed E-state index contributed by atoms with van der Waals surface area (Å²) < 4.78 is 1.99. The molecule has 1 aliphatic rings. The van der Waals surface area contributed by atoms with Gasteiger partial charge >= 0.3 is 0 Å². The molecule has 1 aromatic heterocycles. The summed E-state index contributed by atoms with van der Waals surface area (Å²) >= 11 is 0. The Morgan fingerprint density at radius 2 is 2.00 bits per heavy atom. The second kappa shape index (κ2) is 7.76. The van der Waals surface area contributed by atoms with E-state index in [2.05, 4.69) is 25.8 Å². The van der Waals surface area contributed by atoms with Gasteiger partial charge in [-0.05, 0) is 25.0 Å². The topological polar surface area (TPSA) is 67.1 Å². The SMILES string of the molecule is CN=C(NCc1nncn1-c1ccccc1)NC1CCCCC1.